The van der Waals surface area contributed by atoms with Crippen molar-refractivity contribution in [1.82, 2.24) is 5.32 Å². The van der Waals surface area contributed by atoms with Gasteiger partial charge in [0.25, 0.3) is 0 Å². The van der Waals surface area contributed by atoms with Crippen LogP contribution in [0.3, 0.4) is 0 Å². The van der Waals surface area contributed by atoms with Crippen molar-refractivity contribution in [3.8, 4) is 5.75 Å². The van der Waals surface area contributed by atoms with Gasteiger partial charge in [-0.15, -0.1) is 0 Å². The second kappa shape index (κ2) is 8.76. The van der Waals surface area contributed by atoms with Crippen LogP contribution in [0.15, 0.2) is 35.9 Å². The number of hydrogen-bond donors (Lipinski definition) is 1. The second-order valence-corrected chi connectivity index (χ2v) is 6.65. The minimum Gasteiger partial charge on any atom is -0.493 e. The van der Waals surface area contributed by atoms with Crippen molar-refractivity contribution < 1.29 is 9.53 Å². The minimum atomic E-state index is 0.175. The maximum absolute atomic E-state index is 11.5. The van der Waals surface area contributed by atoms with Gasteiger partial charge in [-0.05, 0) is 62.6 Å². The molecule has 0 saturated heterocycles. The summed E-state index contributed by atoms with van der Waals surface area (Å²) in [7, 11) is 0. The van der Waals surface area contributed by atoms with Crippen LogP contribution < -0.4 is 10.1 Å². The number of amides is 1. The topological polar surface area (TPSA) is 38.3 Å². The van der Waals surface area contributed by atoms with E-state index in [1.54, 1.807) is 0 Å². The summed E-state index contributed by atoms with van der Waals surface area (Å²) >= 11 is 0. The molecule has 0 radical (unpaired) electrons. The van der Waals surface area contributed by atoms with E-state index in [0.717, 1.165) is 38.2 Å². The van der Waals surface area contributed by atoms with E-state index in [1.807, 2.05) is 13.0 Å². The first kappa shape index (κ1) is 17.6. The van der Waals surface area contributed by atoms with E-state index < -0.39 is 0 Å². The molecule has 0 unspecified atom stereocenters. The molecule has 0 spiro atoms. The summed E-state index contributed by atoms with van der Waals surface area (Å²) in [5.41, 5.74) is 2.66. The highest BCUT2D eigenvalue weighted by Crippen LogP contribution is 2.47. The molecule has 1 saturated carbocycles. The summed E-state index contributed by atoms with van der Waals surface area (Å²) < 4.78 is 5.83. The van der Waals surface area contributed by atoms with E-state index >= 15 is 0 Å². The molecule has 1 N–H and O–H groups in total. The standard InChI is InChI=1S/C20H29NO2/c1-4-7-20(22)21-14-17-13-19(17)16-9-5-10-18(12-16)23-11-6-8-15(2)3/h5,8-10,12,17,19H,4,6-7,11,13-14H2,1-3H3,(H,21,22)/t17-,19-/m0/s1. The first-order chi connectivity index (χ1) is 11.1. The van der Waals surface area contributed by atoms with Gasteiger partial charge in [0.1, 0.15) is 5.75 Å². The lowest BCUT2D eigenvalue weighted by molar-refractivity contribution is -0.121. The van der Waals surface area contributed by atoms with E-state index in [0.29, 0.717) is 18.3 Å². The number of ether oxygens (including phenoxy) is 1. The number of allylic oxidation sites excluding steroid dienone is 1. The van der Waals surface area contributed by atoms with Crippen molar-refractivity contribution in [2.45, 2.75) is 52.4 Å². The molecule has 126 valence electrons. The average molecular weight is 315 g/mol. The molecule has 0 heterocycles. The van der Waals surface area contributed by atoms with Gasteiger partial charge in [-0.1, -0.05) is 30.7 Å². The molecule has 0 bridgehead atoms. The molecule has 0 aliphatic heterocycles. The van der Waals surface area contributed by atoms with Gasteiger partial charge in [0.05, 0.1) is 6.61 Å². The lowest BCUT2D eigenvalue weighted by Gasteiger charge is -2.08. The van der Waals surface area contributed by atoms with Gasteiger partial charge in [0, 0.05) is 13.0 Å². The van der Waals surface area contributed by atoms with E-state index in [-0.39, 0.29) is 5.91 Å². The lowest BCUT2D eigenvalue weighted by Crippen LogP contribution is -2.25. The minimum absolute atomic E-state index is 0.175. The normalized spacial score (nSPS) is 19.1. The SMILES string of the molecule is CCCC(=O)NC[C@@H]1C[C@H]1c1cccc(OCCC=C(C)C)c1. The van der Waals surface area contributed by atoms with Gasteiger partial charge in [0.15, 0.2) is 0 Å². The average Bonchev–Trinajstić information content (AvgIpc) is 3.30. The Morgan fingerprint density at radius 2 is 2.22 bits per heavy atom. The van der Waals surface area contributed by atoms with Gasteiger partial charge in [0.2, 0.25) is 5.91 Å². The summed E-state index contributed by atoms with van der Waals surface area (Å²) in [5.74, 6) is 2.27. The van der Waals surface area contributed by atoms with E-state index in [1.165, 1.54) is 11.1 Å². The highest BCUT2D eigenvalue weighted by molar-refractivity contribution is 5.75. The van der Waals surface area contributed by atoms with E-state index in [2.05, 4.69) is 43.4 Å². The van der Waals surface area contributed by atoms with Crippen LogP contribution in [0, 0.1) is 5.92 Å². The van der Waals surface area contributed by atoms with Gasteiger partial charge in [-0.25, -0.2) is 0 Å². The number of carbonyl (C=O) groups excluding carboxylic acids is 1. The third kappa shape index (κ3) is 6.09. The number of carbonyl (C=O) groups is 1. The summed E-state index contributed by atoms with van der Waals surface area (Å²) in [6.07, 6.45) is 5.84. The summed E-state index contributed by atoms with van der Waals surface area (Å²) in [6, 6.07) is 8.41. The second-order valence-electron chi connectivity index (χ2n) is 6.65. The Morgan fingerprint density at radius 1 is 1.39 bits per heavy atom. The van der Waals surface area contributed by atoms with E-state index in [4.69, 9.17) is 4.74 Å². The van der Waals surface area contributed by atoms with Crippen LogP contribution in [-0.4, -0.2) is 19.1 Å². The van der Waals surface area contributed by atoms with Crippen LogP contribution >= 0.6 is 0 Å². The predicted octanol–water partition coefficient (Wildman–Crippen LogP) is 4.44. The van der Waals surface area contributed by atoms with Gasteiger partial charge in [-0.2, -0.15) is 0 Å². The smallest absolute Gasteiger partial charge is 0.219 e. The van der Waals surface area contributed by atoms with Crippen LogP contribution in [0.1, 0.15) is 57.9 Å². The Labute approximate surface area is 140 Å². The van der Waals surface area contributed by atoms with Gasteiger partial charge < -0.3 is 10.1 Å². The zero-order valence-electron chi connectivity index (χ0n) is 14.6. The Kier molecular flexibility index (Phi) is 6.69. The molecule has 1 aromatic carbocycles. The largest absolute Gasteiger partial charge is 0.493 e. The quantitative estimate of drug-likeness (QED) is 0.540. The predicted molar refractivity (Wildman–Crippen MR) is 94.8 cm³/mol. The van der Waals surface area contributed by atoms with Crippen molar-refractivity contribution >= 4 is 5.91 Å². The molecule has 2 atom stereocenters. The maximum atomic E-state index is 11.5. The first-order valence-corrected chi connectivity index (χ1v) is 8.73. The third-order valence-electron chi connectivity index (χ3n) is 4.19. The monoisotopic (exact) mass is 315 g/mol. The molecule has 1 amide bonds. The van der Waals surface area contributed by atoms with Gasteiger partial charge >= 0.3 is 0 Å². The third-order valence-corrected chi connectivity index (χ3v) is 4.19. The number of nitrogens with one attached hydrogen (secondary N) is 1. The van der Waals surface area contributed by atoms with Crippen molar-refractivity contribution in [3.63, 3.8) is 0 Å². The number of rotatable bonds is 9. The fraction of sp³-hybridized carbons (Fsp3) is 0.550. The molecule has 3 heteroatoms. The molecule has 0 aromatic heterocycles. The summed E-state index contributed by atoms with van der Waals surface area (Å²) in [4.78, 5) is 11.5. The molecule has 23 heavy (non-hydrogen) atoms. The Morgan fingerprint density at radius 3 is 2.96 bits per heavy atom. The van der Waals surface area contributed by atoms with Crippen LogP contribution in [0.5, 0.6) is 5.75 Å². The Balaban J connectivity index is 1.77. The van der Waals surface area contributed by atoms with Gasteiger partial charge in [-0.3, -0.25) is 4.79 Å². The molecular weight excluding hydrogens is 286 g/mol. The highest BCUT2D eigenvalue weighted by Gasteiger charge is 2.38. The highest BCUT2D eigenvalue weighted by atomic mass is 16.5. The number of hydrogen-bond acceptors (Lipinski definition) is 2. The zero-order chi connectivity index (χ0) is 16.7. The molecule has 1 aromatic rings. The van der Waals surface area contributed by atoms with Crippen molar-refractivity contribution in [2.24, 2.45) is 5.92 Å². The first-order valence-electron chi connectivity index (χ1n) is 8.73. The summed E-state index contributed by atoms with van der Waals surface area (Å²) in [6.45, 7) is 7.76. The van der Waals surface area contributed by atoms with Crippen LogP contribution in [-0.2, 0) is 4.79 Å². The van der Waals surface area contributed by atoms with Crippen molar-refractivity contribution in [2.75, 3.05) is 13.2 Å². The molecule has 1 aliphatic rings. The summed E-state index contributed by atoms with van der Waals surface area (Å²) in [5, 5.41) is 3.04. The van der Waals surface area contributed by atoms with Crippen molar-refractivity contribution in [3.05, 3.63) is 41.5 Å². The van der Waals surface area contributed by atoms with Crippen LogP contribution in [0.2, 0.25) is 0 Å². The van der Waals surface area contributed by atoms with Crippen LogP contribution in [0.4, 0.5) is 0 Å². The fourth-order valence-electron chi connectivity index (χ4n) is 2.80. The molecule has 2 rings (SSSR count). The molecule has 3 nitrogen and oxygen atoms in total. The fourth-order valence-corrected chi connectivity index (χ4v) is 2.80. The Hall–Kier alpha value is -1.77. The van der Waals surface area contributed by atoms with Crippen LogP contribution in [0.25, 0.3) is 0 Å². The van der Waals surface area contributed by atoms with Crippen molar-refractivity contribution in [1.29, 1.82) is 0 Å². The lowest BCUT2D eigenvalue weighted by atomic mass is 10.1. The number of benzene rings is 1. The Bertz CT molecular complexity index is 546. The maximum Gasteiger partial charge on any atom is 0.219 e. The zero-order valence-corrected chi connectivity index (χ0v) is 14.6. The molecular formula is C20H29NO2. The molecule has 1 fully saturated rings. The molecule has 1 aliphatic carbocycles. The van der Waals surface area contributed by atoms with E-state index in [9.17, 15) is 4.79 Å².